The number of nitrogens with zero attached hydrogens (tertiary/aromatic N) is 1. The Bertz CT molecular complexity index is 656. The molecule has 1 heterocycles. The molecule has 0 atom stereocenters. The third kappa shape index (κ3) is 3.91. The summed E-state index contributed by atoms with van der Waals surface area (Å²) in [4.78, 5) is 13.6. The molecule has 1 amide bonds. The first-order valence-electron chi connectivity index (χ1n) is 7.31. The Labute approximate surface area is 131 Å². The topological polar surface area (TPSA) is 75.7 Å². The normalized spacial score (nSPS) is 15.5. The maximum absolute atomic E-state index is 12.0. The van der Waals surface area contributed by atoms with Crippen molar-refractivity contribution < 1.29 is 17.9 Å². The molecule has 0 spiro atoms. The van der Waals surface area contributed by atoms with Crippen LogP contribution in [0.5, 0.6) is 5.75 Å². The molecule has 0 unspecified atom stereocenters. The molecule has 1 N–H and O–H groups in total. The van der Waals surface area contributed by atoms with Gasteiger partial charge in [0.05, 0.1) is 24.2 Å². The SMILES string of the molecule is COc1ccc(NS(=O)(=O)CC(C)C)cc1N1CCCC1=O. The van der Waals surface area contributed by atoms with E-state index in [1.54, 1.807) is 23.1 Å². The zero-order chi connectivity index (χ0) is 16.3. The summed E-state index contributed by atoms with van der Waals surface area (Å²) in [5, 5.41) is 0. The number of methoxy groups -OCH3 is 1. The quantitative estimate of drug-likeness (QED) is 0.870. The van der Waals surface area contributed by atoms with E-state index in [2.05, 4.69) is 4.72 Å². The molecule has 1 aliphatic rings. The molecular formula is C15H22N2O4S. The van der Waals surface area contributed by atoms with E-state index in [1.807, 2.05) is 13.8 Å². The van der Waals surface area contributed by atoms with E-state index in [9.17, 15) is 13.2 Å². The molecule has 122 valence electrons. The van der Waals surface area contributed by atoms with Gasteiger partial charge in [-0.2, -0.15) is 0 Å². The lowest BCUT2D eigenvalue weighted by molar-refractivity contribution is -0.117. The first-order valence-corrected chi connectivity index (χ1v) is 8.96. The molecule has 1 fully saturated rings. The zero-order valence-corrected chi connectivity index (χ0v) is 13.9. The van der Waals surface area contributed by atoms with Crippen LogP contribution in [0.25, 0.3) is 0 Å². The van der Waals surface area contributed by atoms with Crippen LogP contribution in [0.2, 0.25) is 0 Å². The number of amides is 1. The standard InChI is InChI=1S/C15H22N2O4S/c1-11(2)10-22(19,20)16-12-6-7-14(21-3)13(9-12)17-8-4-5-15(17)18/h6-7,9,11,16H,4-5,8,10H2,1-3H3. The second kappa shape index (κ2) is 6.56. The Hall–Kier alpha value is -1.76. The van der Waals surface area contributed by atoms with Crippen molar-refractivity contribution in [3.63, 3.8) is 0 Å². The summed E-state index contributed by atoms with van der Waals surface area (Å²) < 4.78 is 31.9. The molecule has 22 heavy (non-hydrogen) atoms. The average Bonchev–Trinajstić information content (AvgIpc) is 2.82. The Morgan fingerprint density at radius 1 is 1.36 bits per heavy atom. The maximum atomic E-state index is 12.0. The van der Waals surface area contributed by atoms with Crippen LogP contribution in [0.1, 0.15) is 26.7 Å². The summed E-state index contributed by atoms with van der Waals surface area (Å²) >= 11 is 0. The van der Waals surface area contributed by atoms with Gasteiger partial charge < -0.3 is 9.64 Å². The molecule has 1 saturated heterocycles. The van der Waals surface area contributed by atoms with Crippen molar-refractivity contribution in [2.75, 3.05) is 29.0 Å². The third-order valence-electron chi connectivity index (χ3n) is 3.37. The molecule has 6 nitrogen and oxygen atoms in total. The summed E-state index contributed by atoms with van der Waals surface area (Å²) in [7, 11) is -1.87. The van der Waals surface area contributed by atoms with Crippen LogP contribution in [0.3, 0.4) is 0 Å². The minimum atomic E-state index is -3.40. The van der Waals surface area contributed by atoms with Gasteiger partial charge in [-0.25, -0.2) is 8.42 Å². The van der Waals surface area contributed by atoms with Gasteiger partial charge in [-0.15, -0.1) is 0 Å². The van der Waals surface area contributed by atoms with Crippen molar-refractivity contribution in [3.8, 4) is 5.75 Å². The first kappa shape index (κ1) is 16.6. The number of hydrogen-bond donors (Lipinski definition) is 1. The van der Waals surface area contributed by atoms with Crippen molar-refractivity contribution in [1.29, 1.82) is 0 Å². The summed E-state index contributed by atoms with van der Waals surface area (Å²) in [5.41, 5.74) is 1.05. The van der Waals surface area contributed by atoms with Gasteiger partial charge in [0.15, 0.2) is 0 Å². The molecule has 7 heteroatoms. The minimum Gasteiger partial charge on any atom is -0.495 e. The molecule has 0 radical (unpaired) electrons. The van der Waals surface area contributed by atoms with Gasteiger partial charge in [-0.3, -0.25) is 9.52 Å². The molecule has 1 aromatic rings. The van der Waals surface area contributed by atoms with E-state index >= 15 is 0 Å². The monoisotopic (exact) mass is 326 g/mol. The lowest BCUT2D eigenvalue weighted by Gasteiger charge is -2.20. The lowest BCUT2D eigenvalue weighted by Crippen LogP contribution is -2.25. The van der Waals surface area contributed by atoms with Crippen LogP contribution in [0.4, 0.5) is 11.4 Å². The molecule has 0 aliphatic carbocycles. The fourth-order valence-corrected chi connectivity index (χ4v) is 3.97. The Balaban J connectivity index is 2.29. The number of ether oxygens (including phenoxy) is 1. The summed E-state index contributed by atoms with van der Waals surface area (Å²) in [6, 6.07) is 4.97. The fourth-order valence-electron chi connectivity index (χ4n) is 2.53. The number of anilines is 2. The molecule has 0 saturated carbocycles. The van der Waals surface area contributed by atoms with Crippen LogP contribution in [-0.2, 0) is 14.8 Å². The van der Waals surface area contributed by atoms with E-state index in [0.29, 0.717) is 30.1 Å². The van der Waals surface area contributed by atoms with Crippen molar-refractivity contribution in [1.82, 2.24) is 0 Å². The molecule has 2 rings (SSSR count). The maximum Gasteiger partial charge on any atom is 0.232 e. The van der Waals surface area contributed by atoms with Gasteiger partial charge in [0, 0.05) is 13.0 Å². The van der Waals surface area contributed by atoms with Crippen molar-refractivity contribution in [3.05, 3.63) is 18.2 Å². The van der Waals surface area contributed by atoms with Crippen LogP contribution in [0.15, 0.2) is 18.2 Å². The van der Waals surface area contributed by atoms with Crippen molar-refractivity contribution >= 4 is 27.3 Å². The highest BCUT2D eigenvalue weighted by atomic mass is 32.2. The van der Waals surface area contributed by atoms with Crippen LogP contribution < -0.4 is 14.4 Å². The number of sulfonamides is 1. The van der Waals surface area contributed by atoms with E-state index in [1.165, 1.54) is 7.11 Å². The Kier molecular flexibility index (Phi) is 4.95. The highest BCUT2D eigenvalue weighted by Crippen LogP contribution is 2.34. The summed E-state index contributed by atoms with van der Waals surface area (Å²) in [6.07, 6.45) is 1.30. The first-order chi connectivity index (χ1) is 10.3. The van der Waals surface area contributed by atoms with Gasteiger partial charge in [0.25, 0.3) is 0 Å². The highest BCUT2D eigenvalue weighted by Gasteiger charge is 2.25. The Morgan fingerprint density at radius 2 is 2.09 bits per heavy atom. The number of rotatable bonds is 6. The molecule has 1 aliphatic heterocycles. The van der Waals surface area contributed by atoms with E-state index in [4.69, 9.17) is 4.74 Å². The zero-order valence-electron chi connectivity index (χ0n) is 13.1. The van der Waals surface area contributed by atoms with Crippen LogP contribution >= 0.6 is 0 Å². The van der Waals surface area contributed by atoms with Gasteiger partial charge >= 0.3 is 0 Å². The highest BCUT2D eigenvalue weighted by molar-refractivity contribution is 7.92. The predicted molar refractivity (Wildman–Crippen MR) is 86.8 cm³/mol. The number of nitrogens with one attached hydrogen (secondary N) is 1. The van der Waals surface area contributed by atoms with Crippen molar-refractivity contribution in [2.24, 2.45) is 5.92 Å². The van der Waals surface area contributed by atoms with Gasteiger partial charge in [-0.1, -0.05) is 13.8 Å². The number of benzene rings is 1. The van der Waals surface area contributed by atoms with Gasteiger partial charge in [0.1, 0.15) is 5.75 Å². The Morgan fingerprint density at radius 3 is 2.64 bits per heavy atom. The van der Waals surface area contributed by atoms with Crippen LogP contribution in [-0.4, -0.2) is 33.7 Å². The lowest BCUT2D eigenvalue weighted by atomic mass is 10.2. The third-order valence-corrected chi connectivity index (χ3v) is 5.02. The van der Waals surface area contributed by atoms with Gasteiger partial charge in [0.2, 0.25) is 15.9 Å². The number of hydrogen-bond acceptors (Lipinski definition) is 4. The smallest absolute Gasteiger partial charge is 0.232 e. The fraction of sp³-hybridized carbons (Fsp3) is 0.533. The van der Waals surface area contributed by atoms with E-state index in [-0.39, 0.29) is 17.6 Å². The second-order valence-electron chi connectivity index (χ2n) is 5.81. The summed E-state index contributed by atoms with van der Waals surface area (Å²) in [6.45, 7) is 4.32. The largest absolute Gasteiger partial charge is 0.495 e. The minimum absolute atomic E-state index is 0.0282. The number of carbonyl (C=O) groups is 1. The molecule has 0 aromatic heterocycles. The molecule has 0 bridgehead atoms. The van der Waals surface area contributed by atoms with Crippen LogP contribution in [0, 0.1) is 5.92 Å². The molecular weight excluding hydrogens is 304 g/mol. The molecule has 1 aromatic carbocycles. The second-order valence-corrected chi connectivity index (χ2v) is 7.58. The van der Waals surface area contributed by atoms with Crippen molar-refractivity contribution in [2.45, 2.75) is 26.7 Å². The predicted octanol–water partition coefficient (Wildman–Crippen LogP) is 2.22. The summed E-state index contributed by atoms with van der Waals surface area (Å²) in [5.74, 6) is 0.676. The van der Waals surface area contributed by atoms with Gasteiger partial charge in [-0.05, 0) is 30.5 Å². The average molecular weight is 326 g/mol. The van der Waals surface area contributed by atoms with E-state index in [0.717, 1.165) is 6.42 Å². The number of carbonyl (C=O) groups excluding carboxylic acids is 1. The van der Waals surface area contributed by atoms with E-state index < -0.39 is 10.0 Å².